The van der Waals surface area contributed by atoms with E-state index in [1.165, 1.54) is 18.7 Å². The number of hydrogen-bond acceptors (Lipinski definition) is 7. The number of benzene rings is 2. The van der Waals surface area contributed by atoms with Gasteiger partial charge in [-0.1, -0.05) is 6.07 Å². The number of primary amides is 1. The molecular formula is C23H24N4O5. The second-order valence-corrected chi connectivity index (χ2v) is 7.67. The lowest BCUT2D eigenvalue weighted by molar-refractivity contribution is -0.384. The third-order valence-corrected chi connectivity index (χ3v) is 5.47. The molecule has 1 aliphatic heterocycles. The molecule has 166 valence electrons. The first-order valence-electron chi connectivity index (χ1n) is 10.2. The molecule has 0 spiro atoms. The van der Waals surface area contributed by atoms with Crippen LogP contribution in [0.4, 0.5) is 11.4 Å². The number of nitro benzene ring substituents is 1. The van der Waals surface area contributed by atoms with Gasteiger partial charge in [0, 0.05) is 18.8 Å². The van der Waals surface area contributed by atoms with Crippen LogP contribution in [0.15, 0.2) is 52.9 Å². The number of carbonyl (C=O) groups is 1. The summed E-state index contributed by atoms with van der Waals surface area (Å²) < 4.78 is 10.9. The van der Waals surface area contributed by atoms with E-state index in [9.17, 15) is 14.9 Å². The van der Waals surface area contributed by atoms with Gasteiger partial charge in [-0.3, -0.25) is 19.8 Å². The summed E-state index contributed by atoms with van der Waals surface area (Å²) in [4.78, 5) is 24.2. The summed E-state index contributed by atoms with van der Waals surface area (Å²) in [7, 11) is 1.46. The van der Waals surface area contributed by atoms with Gasteiger partial charge in [0.1, 0.15) is 17.3 Å². The molecule has 1 aliphatic rings. The van der Waals surface area contributed by atoms with Gasteiger partial charge >= 0.3 is 0 Å². The molecule has 9 nitrogen and oxygen atoms in total. The lowest BCUT2D eigenvalue weighted by atomic mass is 9.99. The largest absolute Gasteiger partial charge is 0.497 e. The van der Waals surface area contributed by atoms with Crippen molar-refractivity contribution in [2.75, 3.05) is 25.5 Å². The summed E-state index contributed by atoms with van der Waals surface area (Å²) in [5.41, 5.74) is 9.00. The molecule has 0 saturated carbocycles. The summed E-state index contributed by atoms with van der Waals surface area (Å²) in [6, 6.07) is 14.4. The van der Waals surface area contributed by atoms with Crippen LogP contribution in [0.3, 0.4) is 0 Å². The lowest BCUT2D eigenvalue weighted by Gasteiger charge is -2.28. The van der Waals surface area contributed by atoms with Crippen LogP contribution in [0.5, 0.6) is 5.75 Å². The fourth-order valence-corrected chi connectivity index (χ4v) is 3.89. The van der Waals surface area contributed by atoms with Gasteiger partial charge in [-0.15, -0.1) is 0 Å². The minimum Gasteiger partial charge on any atom is -0.497 e. The number of anilines is 1. The Morgan fingerprint density at radius 2 is 2.06 bits per heavy atom. The molecule has 0 radical (unpaired) electrons. The highest BCUT2D eigenvalue weighted by molar-refractivity contribution is 5.76. The Morgan fingerprint density at radius 3 is 2.81 bits per heavy atom. The highest BCUT2D eigenvalue weighted by Gasteiger charge is 2.20. The number of nitro groups is 1. The number of carbonyl (C=O) groups excluding carboxylic acids is 1. The van der Waals surface area contributed by atoms with E-state index in [1.54, 1.807) is 24.3 Å². The van der Waals surface area contributed by atoms with Gasteiger partial charge in [-0.05, 0) is 53.9 Å². The molecule has 1 aromatic heterocycles. The first-order chi connectivity index (χ1) is 15.4. The van der Waals surface area contributed by atoms with Gasteiger partial charge < -0.3 is 20.2 Å². The smallest absolute Gasteiger partial charge is 0.284 e. The molecule has 3 aromatic rings. The molecule has 32 heavy (non-hydrogen) atoms. The Kier molecular flexibility index (Phi) is 6.09. The number of hydrogen-bond donors (Lipinski definition) is 2. The Bertz CT molecular complexity index is 1160. The summed E-state index contributed by atoms with van der Waals surface area (Å²) >= 11 is 0. The topological polar surface area (TPSA) is 124 Å². The number of rotatable bonds is 8. The second kappa shape index (κ2) is 9.11. The second-order valence-electron chi connectivity index (χ2n) is 7.67. The summed E-state index contributed by atoms with van der Waals surface area (Å²) in [6.07, 6.45) is 0.880. The summed E-state index contributed by atoms with van der Waals surface area (Å²) in [6.45, 7) is 2.17. The van der Waals surface area contributed by atoms with Crippen molar-refractivity contribution >= 4 is 17.3 Å². The highest BCUT2D eigenvalue weighted by atomic mass is 16.6. The molecule has 9 heteroatoms. The molecule has 0 fully saturated rings. The van der Waals surface area contributed by atoms with Gasteiger partial charge in [0.25, 0.3) is 5.69 Å². The fourth-order valence-electron chi connectivity index (χ4n) is 3.89. The predicted octanol–water partition coefficient (Wildman–Crippen LogP) is 3.32. The number of methoxy groups -OCH3 is 1. The van der Waals surface area contributed by atoms with Crippen LogP contribution < -0.4 is 15.8 Å². The van der Waals surface area contributed by atoms with Gasteiger partial charge in [-0.25, -0.2) is 0 Å². The molecule has 0 aliphatic carbocycles. The van der Waals surface area contributed by atoms with E-state index in [-0.39, 0.29) is 18.1 Å². The Hall–Kier alpha value is -3.85. The van der Waals surface area contributed by atoms with E-state index in [1.807, 2.05) is 11.0 Å². The lowest BCUT2D eigenvalue weighted by Crippen LogP contribution is -2.37. The summed E-state index contributed by atoms with van der Waals surface area (Å²) in [5.74, 6) is 1.16. The van der Waals surface area contributed by atoms with E-state index in [2.05, 4.69) is 17.4 Å². The first-order valence-corrected chi connectivity index (χ1v) is 10.2. The molecule has 1 amide bonds. The van der Waals surface area contributed by atoms with Crippen molar-refractivity contribution in [2.24, 2.45) is 5.73 Å². The molecule has 0 saturated heterocycles. The molecule has 3 N–H and O–H groups in total. The maximum atomic E-state index is 11.4. The van der Waals surface area contributed by atoms with Crippen molar-refractivity contribution in [3.63, 3.8) is 0 Å². The maximum Gasteiger partial charge on any atom is 0.284 e. The minimum atomic E-state index is -0.451. The number of fused-ring (bicyclic) bond motifs is 1. The highest BCUT2D eigenvalue weighted by Crippen LogP contribution is 2.34. The molecule has 2 heterocycles. The fraction of sp³-hybridized carbons (Fsp3) is 0.261. The molecule has 2 aromatic carbocycles. The van der Waals surface area contributed by atoms with Gasteiger partial charge in [0.2, 0.25) is 5.91 Å². The van der Waals surface area contributed by atoms with Gasteiger partial charge in [0.05, 0.1) is 36.8 Å². The number of amides is 1. The van der Waals surface area contributed by atoms with E-state index < -0.39 is 4.92 Å². The molecule has 4 rings (SSSR count). The zero-order chi connectivity index (χ0) is 22.7. The number of nitrogens with zero attached hydrogens (tertiary/aromatic N) is 2. The van der Waals surface area contributed by atoms with Crippen LogP contribution in [-0.4, -0.2) is 35.9 Å². The van der Waals surface area contributed by atoms with Gasteiger partial charge in [0.15, 0.2) is 0 Å². The van der Waals surface area contributed by atoms with Crippen molar-refractivity contribution in [1.29, 1.82) is 0 Å². The third-order valence-electron chi connectivity index (χ3n) is 5.47. The standard InChI is InChI=1S/C23H24N4O5/c1-31-18-4-6-20(21(11-18)27(29)30)22-7-5-19(32-22)12-25-17-3-2-15-8-9-26(14-23(24)28)13-16(15)10-17/h2-7,10-11,25H,8-9,12-14H2,1H3,(H2,24,28). The van der Waals surface area contributed by atoms with Crippen molar-refractivity contribution in [3.8, 4) is 17.1 Å². The number of ether oxygens (including phenoxy) is 1. The van der Waals surface area contributed by atoms with Crippen LogP contribution in [0, 0.1) is 10.1 Å². The molecule has 0 atom stereocenters. The zero-order valence-corrected chi connectivity index (χ0v) is 17.7. The third kappa shape index (κ3) is 4.73. The first kappa shape index (κ1) is 21.4. The Morgan fingerprint density at radius 1 is 1.22 bits per heavy atom. The van der Waals surface area contributed by atoms with Crippen LogP contribution in [-0.2, 0) is 24.3 Å². The van der Waals surface area contributed by atoms with Crippen LogP contribution in [0.25, 0.3) is 11.3 Å². The van der Waals surface area contributed by atoms with Crippen LogP contribution >= 0.6 is 0 Å². The van der Waals surface area contributed by atoms with Crippen molar-refractivity contribution < 1.29 is 18.9 Å². The number of nitrogens with one attached hydrogen (secondary N) is 1. The van der Waals surface area contributed by atoms with Crippen molar-refractivity contribution in [2.45, 2.75) is 19.5 Å². The number of nitrogens with two attached hydrogens (primary N) is 1. The normalized spacial score (nSPS) is 13.4. The molecular weight excluding hydrogens is 412 g/mol. The zero-order valence-electron chi connectivity index (χ0n) is 17.7. The minimum absolute atomic E-state index is 0.0755. The quantitative estimate of drug-likeness (QED) is 0.410. The van der Waals surface area contributed by atoms with E-state index >= 15 is 0 Å². The average Bonchev–Trinajstić information content (AvgIpc) is 3.25. The van der Waals surface area contributed by atoms with Crippen molar-refractivity contribution in [1.82, 2.24) is 4.90 Å². The number of furan rings is 1. The van der Waals surface area contributed by atoms with Gasteiger partial charge in [-0.2, -0.15) is 0 Å². The van der Waals surface area contributed by atoms with Crippen LogP contribution in [0.1, 0.15) is 16.9 Å². The summed E-state index contributed by atoms with van der Waals surface area (Å²) in [5, 5.41) is 14.8. The molecule has 0 unspecified atom stereocenters. The molecule has 0 bridgehead atoms. The van der Waals surface area contributed by atoms with E-state index in [4.69, 9.17) is 14.9 Å². The Labute approximate surface area is 184 Å². The SMILES string of the molecule is COc1ccc(-c2ccc(CNc3ccc4c(c3)CN(CC(N)=O)CC4)o2)c([N+](=O)[O-])c1. The maximum absolute atomic E-state index is 11.4. The monoisotopic (exact) mass is 436 g/mol. The predicted molar refractivity (Wildman–Crippen MR) is 119 cm³/mol. The van der Waals surface area contributed by atoms with Crippen LogP contribution in [0.2, 0.25) is 0 Å². The van der Waals surface area contributed by atoms with Crippen molar-refractivity contribution in [3.05, 3.63) is 75.5 Å². The Balaban J connectivity index is 1.46. The van der Waals surface area contributed by atoms with E-state index in [0.717, 1.165) is 24.2 Å². The average molecular weight is 436 g/mol. The van der Waals surface area contributed by atoms with E-state index in [0.29, 0.717) is 35.9 Å².